The number of anilines is 1. The van der Waals surface area contributed by atoms with Crippen molar-refractivity contribution < 1.29 is 13.2 Å². The zero-order valence-corrected chi connectivity index (χ0v) is 16.3. The molecule has 1 heterocycles. The Morgan fingerprint density at radius 3 is 2.56 bits per heavy atom. The van der Waals surface area contributed by atoms with Crippen molar-refractivity contribution in [2.75, 3.05) is 4.31 Å². The smallest absolute Gasteiger partial charge is 0.268 e. The molecule has 3 aromatic rings. The topological polar surface area (TPSA) is 104 Å². The van der Waals surface area contributed by atoms with Gasteiger partial charge in [-0.05, 0) is 61.3 Å². The molecule has 1 aromatic heterocycles. The Bertz CT molecular complexity index is 1130. The van der Waals surface area contributed by atoms with Crippen LogP contribution in [0.15, 0.2) is 42.5 Å². The number of hydrogen-bond acceptors (Lipinski definition) is 7. The lowest BCUT2D eigenvalue weighted by Gasteiger charge is -2.25. The number of nitrogens with zero attached hydrogens (tertiary/aromatic N) is 4. The lowest BCUT2D eigenvalue weighted by atomic mass is 10.1. The number of sulfonamides is 1. The van der Waals surface area contributed by atoms with Crippen LogP contribution in [0.3, 0.4) is 0 Å². The molecule has 0 unspecified atom stereocenters. The summed E-state index contributed by atoms with van der Waals surface area (Å²) < 4.78 is 31.2. The maximum Gasteiger partial charge on any atom is 0.272 e. The Labute approximate surface area is 161 Å². The quantitative estimate of drug-likeness (QED) is 0.652. The van der Waals surface area contributed by atoms with Crippen molar-refractivity contribution in [3.05, 3.63) is 53.6 Å². The van der Waals surface area contributed by atoms with Crippen LogP contribution in [0.4, 0.5) is 5.69 Å². The van der Waals surface area contributed by atoms with E-state index < -0.39 is 21.2 Å². The molecule has 1 amide bonds. The number of nitriles is 1. The van der Waals surface area contributed by atoms with Crippen molar-refractivity contribution in [2.45, 2.75) is 25.5 Å². The highest BCUT2D eigenvalue weighted by Crippen LogP contribution is 2.26. The van der Waals surface area contributed by atoms with Crippen molar-refractivity contribution in [1.82, 2.24) is 9.59 Å². The van der Waals surface area contributed by atoms with E-state index in [4.69, 9.17) is 5.26 Å². The van der Waals surface area contributed by atoms with Gasteiger partial charge in [0, 0.05) is 5.56 Å². The first-order valence-electron chi connectivity index (χ1n) is 8.11. The Morgan fingerprint density at radius 2 is 1.93 bits per heavy atom. The van der Waals surface area contributed by atoms with Crippen LogP contribution in [0.1, 0.15) is 29.8 Å². The second-order valence-electron chi connectivity index (χ2n) is 6.12. The van der Waals surface area contributed by atoms with Crippen LogP contribution >= 0.6 is 11.5 Å². The molecule has 0 bridgehead atoms. The first kappa shape index (κ1) is 18.9. The predicted octanol–water partition coefficient (Wildman–Crippen LogP) is 3.14. The number of carbonyl (C=O) groups is 1. The van der Waals surface area contributed by atoms with Crippen molar-refractivity contribution in [3.8, 4) is 6.07 Å². The molecule has 2 aromatic carbocycles. The van der Waals surface area contributed by atoms with Crippen LogP contribution in [0.5, 0.6) is 0 Å². The zero-order valence-electron chi connectivity index (χ0n) is 14.7. The van der Waals surface area contributed by atoms with Gasteiger partial charge in [-0.25, -0.2) is 12.7 Å². The van der Waals surface area contributed by atoms with Crippen LogP contribution in [0, 0.1) is 11.3 Å². The predicted molar refractivity (Wildman–Crippen MR) is 104 cm³/mol. The molecule has 0 atom stereocenters. The van der Waals surface area contributed by atoms with Gasteiger partial charge in [-0.1, -0.05) is 16.6 Å². The molecule has 0 N–H and O–H groups in total. The van der Waals surface area contributed by atoms with Gasteiger partial charge in [0.1, 0.15) is 5.52 Å². The number of fused-ring (bicyclic) bond motifs is 1. The van der Waals surface area contributed by atoms with Gasteiger partial charge in [-0.15, -0.1) is 5.10 Å². The summed E-state index contributed by atoms with van der Waals surface area (Å²) in [6, 6.07) is 13.2. The van der Waals surface area contributed by atoms with Gasteiger partial charge < -0.3 is 0 Å². The van der Waals surface area contributed by atoms with Gasteiger partial charge in [0.05, 0.1) is 28.1 Å². The van der Waals surface area contributed by atoms with Crippen molar-refractivity contribution in [2.24, 2.45) is 0 Å². The van der Waals surface area contributed by atoms with Crippen molar-refractivity contribution in [1.29, 1.82) is 5.26 Å². The molecule has 27 heavy (non-hydrogen) atoms. The molecule has 0 aliphatic rings. The van der Waals surface area contributed by atoms with E-state index in [2.05, 4.69) is 9.59 Å². The second-order valence-corrected chi connectivity index (χ2v) is 9.24. The maximum absolute atomic E-state index is 13.1. The summed E-state index contributed by atoms with van der Waals surface area (Å²) in [5.41, 5.74) is 1.72. The summed E-state index contributed by atoms with van der Waals surface area (Å²) in [7, 11) is -3.92. The highest BCUT2D eigenvalue weighted by molar-refractivity contribution is 7.94. The maximum atomic E-state index is 13.1. The average molecular weight is 400 g/mol. The first-order valence-corrected chi connectivity index (χ1v) is 10.4. The summed E-state index contributed by atoms with van der Waals surface area (Å²) >= 11 is 1.20. The van der Waals surface area contributed by atoms with Gasteiger partial charge in [0.25, 0.3) is 5.91 Å². The van der Waals surface area contributed by atoms with Crippen LogP contribution in [-0.4, -0.2) is 29.2 Å². The van der Waals surface area contributed by atoms with E-state index in [1.165, 1.54) is 43.6 Å². The minimum atomic E-state index is -3.92. The molecule has 0 radical (unpaired) electrons. The normalized spacial score (nSPS) is 11.5. The Kier molecular flexibility index (Phi) is 5.21. The lowest BCUT2D eigenvalue weighted by molar-refractivity contribution is 0.100. The summed E-state index contributed by atoms with van der Waals surface area (Å²) in [5.74, 6) is -0.661. The van der Waals surface area contributed by atoms with Gasteiger partial charge in [0.15, 0.2) is 0 Å². The van der Waals surface area contributed by atoms with E-state index in [1.54, 1.807) is 24.3 Å². The Morgan fingerprint density at radius 1 is 1.22 bits per heavy atom. The fourth-order valence-electron chi connectivity index (χ4n) is 2.46. The highest BCUT2D eigenvalue weighted by Gasteiger charge is 2.33. The third-order valence-electron chi connectivity index (χ3n) is 3.98. The fraction of sp³-hybridized carbons (Fsp3) is 0.222. The van der Waals surface area contributed by atoms with E-state index in [1.807, 2.05) is 6.07 Å². The fourth-order valence-corrected chi connectivity index (χ4v) is 4.18. The van der Waals surface area contributed by atoms with Crippen LogP contribution in [-0.2, 0) is 16.4 Å². The molecule has 0 aliphatic carbocycles. The van der Waals surface area contributed by atoms with Gasteiger partial charge in [-0.3, -0.25) is 4.79 Å². The van der Waals surface area contributed by atoms with Gasteiger partial charge >= 0.3 is 0 Å². The number of benzene rings is 2. The van der Waals surface area contributed by atoms with E-state index in [-0.39, 0.29) is 17.7 Å². The zero-order chi connectivity index (χ0) is 19.6. The van der Waals surface area contributed by atoms with Gasteiger partial charge in [-0.2, -0.15) is 5.26 Å². The highest BCUT2D eigenvalue weighted by atomic mass is 32.2. The molecule has 0 spiro atoms. The van der Waals surface area contributed by atoms with E-state index in [0.717, 1.165) is 14.6 Å². The molecule has 7 nitrogen and oxygen atoms in total. The first-order chi connectivity index (χ1) is 12.8. The number of amides is 1. The second kappa shape index (κ2) is 7.42. The summed E-state index contributed by atoms with van der Waals surface area (Å²) in [6.45, 7) is 3.04. The Balaban J connectivity index is 2.09. The molecule has 3 rings (SSSR count). The van der Waals surface area contributed by atoms with Crippen molar-refractivity contribution in [3.63, 3.8) is 0 Å². The third kappa shape index (κ3) is 3.67. The number of aromatic nitrogens is 2. The standard InChI is InChI=1S/C18H16N4O3S2/c1-12(2)27(24,25)22(15-6-3-13(4-7-15)9-10-19)18(23)14-5-8-17-16(11-14)20-21-26-17/h3-8,11-12H,9H2,1-2H3. The molecule has 0 fully saturated rings. The van der Waals surface area contributed by atoms with Crippen molar-refractivity contribution >= 4 is 43.4 Å². The molecule has 0 aliphatic heterocycles. The third-order valence-corrected chi connectivity index (χ3v) is 6.76. The number of rotatable bonds is 5. The van der Waals surface area contributed by atoms with E-state index >= 15 is 0 Å². The van der Waals surface area contributed by atoms with Gasteiger partial charge in [0.2, 0.25) is 10.0 Å². The summed E-state index contributed by atoms with van der Waals surface area (Å²) in [4.78, 5) is 13.1. The van der Waals surface area contributed by atoms with Crippen LogP contribution < -0.4 is 4.31 Å². The molecule has 0 saturated carbocycles. The molecule has 0 saturated heterocycles. The molecular weight excluding hydrogens is 384 g/mol. The lowest BCUT2D eigenvalue weighted by Crippen LogP contribution is -2.41. The van der Waals surface area contributed by atoms with E-state index in [9.17, 15) is 13.2 Å². The Hall–Kier alpha value is -2.83. The number of hydrogen-bond donors (Lipinski definition) is 0. The summed E-state index contributed by atoms with van der Waals surface area (Å²) in [5, 5.41) is 11.9. The monoisotopic (exact) mass is 400 g/mol. The van der Waals surface area contributed by atoms with Crippen LogP contribution in [0.2, 0.25) is 0 Å². The average Bonchev–Trinajstić information content (AvgIpc) is 3.11. The SMILES string of the molecule is CC(C)S(=O)(=O)N(C(=O)c1ccc2snnc2c1)c1ccc(CC#N)cc1. The minimum absolute atomic E-state index is 0.207. The summed E-state index contributed by atoms with van der Waals surface area (Å²) in [6.07, 6.45) is 0.207. The molecule has 9 heteroatoms. The molecule has 138 valence electrons. The molecular formula is C18H16N4O3S2. The van der Waals surface area contributed by atoms with E-state index in [0.29, 0.717) is 5.52 Å². The minimum Gasteiger partial charge on any atom is -0.268 e. The van der Waals surface area contributed by atoms with Crippen LogP contribution in [0.25, 0.3) is 10.2 Å². The largest absolute Gasteiger partial charge is 0.272 e. The number of carbonyl (C=O) groups excluding carboxylic acids is 1.